The molecular weight excluding hydrogens is 252 g/mol. The molecule has 0 aromatic heterocycles. The van der Waals surface area contributed by atoms with Gasteiger partial charge in [-0.2, -0.15) is 0 Å². The Bertz CT molecular complexity index is 624. The summed E-state index contributed by atoms with van der Waals surface area (Å²) in [5, 5.41) is 2.48. The molecule has 5 N–H and O–H groups in total. The quantitative estimate of drug-likeness (QED) is 0.744. The maximum absolute atomic E-state index is 13.5. The van der Waals surface area contributed by atoms with Crippen LogP contribution in [0.4, 0.5) is 25.8 Å². The summed E-state index contributed by atoms with van der Waals surface area (Å²) in [5.74, 6) is -2.33. The van der Waals surface area contributed by atoms with Crippen LogP contribution in [0.15, 0.2) is 36.4 Å². The monoisotopic (exact) mass is 263 g/mol. The number of hydrogen-bond acceptors (Lipinski definition) is 3. The third-order valence-corrected chi connectivity index (χ3v) is 2.57. The lowest BCUT2D eigenvalue weighted by Crippen LogP contribution is -2.15. The molecule has 98 valence electrons. The first-order valence-corrected chi connectivity index (χ1v) is 5.40. The van der Waals surface area contributed by atoms with E-state index in [2.05, 4.69) is 5.32 Å². The minimum atomic E-state index is -0.793. The van der Waals surface area contributed by atoms with E-state index in [9.17, 15) is 13.6 Å². The molecule has 0 unspecified atom stereocenters. The van der Waals surface area contributed by atoms with Crippen LogP contribution in [0.25, 0.3) is 0 Å². The predicted octanol–water partition coefficient (Wildman–Crippen LogP) is 2.39. The van der Waals surface area contributed by atoms with Crippen LogP contribution in [0.5, 0.6) is 0 Å². The second-order valence-corrected chi connectivity index (χ2v) is 3.86. The molecule has 2 rings (SSSR count). The van der Waals surface area contributed by atoms with Gasteiger partial charge in [-0.15, -0.1) is 0 Å². The van der Waals surface area contributed by atoms with Crippen molar-refractivity contribution < 1.29 is 13.6 Å². The number of halogens is 2. The molecule has 6 heteroatoms. The lowest BCUT2D eigenvalue weighted by Gasteiger charge is -2.13. The molecule has 0 fully saturated rings. The third-order valence-electron chi connectivity index (χ3n) is 2.57. The van der Waals surface area contributed by atoms with Crippen molar-refractivity contribution in [3.63, 3.8) is 0 Å². The number of nitrogens with two attached hydrogens (primary N) is 2. The van der Waals surface area contributed by atoms with E-state index in [-0.39, 0.29) is 22.6 Å². The molecule has 1 amide bonds. The molecule has 0 saturated heterocycles. The molecule has 4 nitrogen and oxygen atoms in total. The number of para-hydroxylation sites is 2. The Morgan fingerprint density at radius 1 is 1.00 bits per heavy atom. The van der Waals surface area contributed by atoms with E-state index in [0.717, 1.165) is 12.1 Å². The number of nitrogens with one attached hydrogen (secondary N) is 1. The lowest BCUT2D eigenvalue weighted by molar-refractivity contribution is 0.100. The Balaban J connectivity index is 2.52. The maximum atomic E-state index is 13.5. The summed E-state index contributed by atoms with van der Waals surface area (Å²) in [6, 6.07) is 7.85. The van der Waals surface area contributed by atoms with Crippen molar-refractivity contribution in [1.82, 2.24) is 0 Å². The van der Waals surface area contributed by atoms with Crippen LogP contribution in [0.2, 0.25) is 0 Å². The van der Waals surface area contributed by atoms with Gasteiger partial charge in [0.25, 0.3) is 5.91 Å². The van der Waals surface area contributed by atoms with Gasteiger partial charge in [-0.25, -0.2) is 8.78 Å². The van der Waals surface area contributed by atoms with Crippen LogP contribution in [0.3, 0.4) is 0 Å². The zero-order chi connectivity index (χ0) is 14.0. The van der Waals surface area contributed by atoms with Crippen molar-refractivity contribution in [1.29, 1.82) is 0 Å². The summed E-state index contributed by atoms with van der Waals surface area (Å²) in [7, 11) is 0. The lowest BCUT2D eigenvalue weighted by atomic mass is 10.1. The Labute approximate surface area is 108 Å². The average molecular weight is 263 g/mol. The Morgan fingerprint density at radius 2 is 1.58 bits per heavy atom. The second kappa shape index (κ2) is 4.93. The number of anilines is 3. The van der Waals surface area contributed by atoms with E-state index < -0.39 is 17.5 Å². The molecule has 0 aliphatic carbocycles. The van der Waals surface area contributed by atoms with E-state index in [0.29, 0.717) is 0 Å². The van der Waals surface area contributed by atoms with Crippen LogP contribution in [-0.4, -0.2) is 5.91 Å². The number of amides is 1. The predicted molar refractivity (Wildman–Crippen MR) is 69.0 cm³/mol. The van der Waals surface area contributed by atoms with Gasteiger partial charge in [-0.1, -0.05) is 12.1 Å². The van der Waals surface area contributed by atoms with Gasteiger partial charge in [-0.3, -0.25) is 4.79 Å². The van der Waals surface area contributed by atoms with Crippen LogP contribution < -0.4 is 16.8 Å². The topological polar surface area (TPSA) is 81.1 Å². The molecule has 2 aromatic carbocycles. The smallest absolute Gasteiger partial charge is 0.250 e. The summed E-state index contributed by atoms with van der Waals surface area (Å²) in [6.07, 6.45) is 0. The Hall–Kier alpha value is -2.63. The number of rotatable bonds is 3. The largest absolute Gasteiger partial charge is 0.397 e. The molecule has 0 atom stereocenters. The van der Waals surface area contributed by atoms with Gasteiger partial charge >= 0.3 is 0 Å². The second-order valence-electron chi connectivity index (χ2n) is 3.86. The molecule has 0 aliphatic heterocycles. The molecule has 19 heavy (non-hydrogen) atoms. The SMILES string of the molecule is NC(=O)c1cccc(N)c1Nc1c(F)cccc1F. The number of primary amides is 1. The van der Waals surface area contributed by atoms with Gasteiger partial charge in [0.05, 0.1) is 16.9 Å². The number of nitrogen functional groups attached to an aromatic ring is 1. The fourth-order valence-electron chi connectivity index (χ4n) is 1.66. The van der Waals surface area contributed by atoms with Crippen LogP contribution in [0.1, 0.15) is 10.4 Å². The van der Waals surface area contributed by atoms with Gasteiger partial charge in [0.15, 0.2) is 0 Å². The van der Waals surface area contributed by atoms with E-state index in [1.54, 1.807) is 0 Å². The first-order valence-electron chi connectivity index (χ1n) is 5.40. The molecule has 0 radical (unpaired) electrons. The highest BCUT2D eigenvalue weighted by atomic mass is 19.1. The van der Waals surface area contributed by atoms with E-state index in [1.165, 1.54) is 24.3 Å². The zero-order valence-electron chi connectivity index (χ0n) is 9.78. The molecule has 0 saturated carbocycles. The third kappa shape index (κ3) is 2.47. The van der Waals surface area contributed by atoms with E-state index >= 15 is 0 Å². The summed E-state index contributed by atoms with van der Waals surface area (Å²) in [4.78, 5) is 11.3. The highest BCUT2D eigenvalue weighted by molar-refractivity contribution is 6.02. The summed E-state index contributed by atoms with van der Waals surface area (Å²) in [5.41, 5.74) is 10.8. The van der Waals surface area contributed by atoms with Crippen molar-refractivity contribution in [2.75, 3.05) is 11.1 Å². The Morgan fingerprint density at radius 3 is 2.16 bits per heavy atom. The number of hydrogen-bond donors (Lipinski definition) is 3. The zero-order valence-corrected chi connectivity index (χ0v) is 9.78. The summed E-state index contributed by atoms with van der Waals surface area (Å²) < 4.78 is 27.1. The first-order chi connectivity index (χ1) is 9.00. The molecule has 0 spiro atoms. The van der Waals surface area contributed by atoms with Crippen molar-refractivity contribution in [2.45, 2.75) is 0 Å². The fourth-order valence-corrected chi connectivity index (χ4v) is 1.66. The van der Waals surface area contributed by atoms with Gasteiger partial charge in [-0.05, 0) is 24.3 Å². The minimum absolute atomic E-state index is 0.0580. The van der Waals surface area contributed by atoms with Crippen LogP contribution >= 0.6 is 0 Å². The average Bonchev–Trinajstić information content (AvgIpc) is 2.35. The fraction of sp³-hybridized carbons (Fsp3) is 0. The van der Waals surface area contributed by atoms with Crippen molar-refractivity contribution in [2.24, 2.45) is 5.73 Å². The minimum Gasteiger partial charge on any atom is -0.397 e. The van der Waals surface area contributed by atoms with Gasteiger partial charge in [0.1, 0.15) is 17.3 Å². The van der Waals surface area contributed by atoms with Crippen molar-refractivity contribution in [3.8, 4) is 0 Å². The van der Waals surface area contributed by atoms with Crippen molar-refractivity contribution in [3.05, 3.63) is 53.6 Å². The summed E-state index contributed by atoms with van der Waals surface area (Å²) in [6.45, 7) is 0. The highest BCUT2D eigenvalue weighted by Crippen LogP contribution is 2.29. The normalized spacial score (nSPS) is 10.2. The number of carbonyl (C=O) groups is 1. The van der Waals surface area contributed by atoms with Crippen molar-refractivity contribution >= 4 is 23.0 Å². The molecule has 0 aliphatic rings. The standard InChI is InChI=1S/C13H11F2N3O/c14-8-4-2-5-9(15)12(8)18-11-7(13(17)19)3-1-6-10(11)16/h1-6,18H,16H2,(H2,17,19). The van der Waals surface area contributed by atoms with E-state index in [4.69, 9.17) is 11.5 Å². The van der Waals surface area contributed by atoms with Crippen LogP contribution in [0, 0.1) is 11.6 Å². The molecular formula is C13H11F2N3O. The Kier molecular flexibility index (Phi) is 3.33. The molecule has 2 aromatic rings. The number of benzene rings is 2. The molecule has 0 heterocycles. The summed E-state index contributed by atoms with van der Waals surface area (Å²) >= 11 is 0. The first kappa shape index (κ1) is 12.8. The number of carbonyl (C=O) groups excluding carboxylic acids is 1. The van der Waals surface area contributed by atoms with Gasteiger partial charge < -0.3 is 16.8 Å². The van der Waals surface area contributed by atoms with E-state index in [1.807, 2.05) is 0 Å². The van der Waals surface area contributed by atoms with Gasteiger partial charge in [0.2, 0.25) is 0 Å². The highest BCUT2D eigenvalue weighted by Gasteiger charge is 2.15. The molecule has 0 bridgehead atoms. The van der Waals surface area contributed by atoms with Crippen LogP contribution in [-0.2, 0) is 0 Å². The maximum Gasteiger partial charge on any atom is 0.250 e. The van der Waals surface area contributed by atoms with Gasteiger partial charge in [0, 0.05) is 0 Å².